The van der Waals surface area contributed by atoms with Crippen molar-refractivity contribution >= 4 is 21.8 Å². The van der Waals surface area contributed by atoms with Gasteiger partial charge in [0.25, 0.3) is 11.8 Å². The SMILES string of the molecule is CCN(CC)C(=O)c1ccc(S(=O)(=O)N[C@@H]2CCN(C(=O)c3ccccn3)C2)cc1. The molecule has 9 heteroatoms. The summed E-state index contributed by atoms with van der Waals surface area (Å²) >= 11 is 0. The van der Waals surface area contributed by atoms with Gasteiger partial charge in [-0.25, -0.2) is 13.1 Å². The number of likely N-dealkylation sites (tertiary alicyclic amines) is 1. The van der Waals surface area contributed by atoms with Crippen LogP contribution in [0.25, 0.3) is 0 Å². The molecule has 3 rings (SSSR count). The van der Waals surface area contributed by atoms with Gasteiger partial charge in [-0.15, -0.1) is 0 Å². The summed E-state index contributed by atoms with van der Waals surface area (Å²) < 4.78 is 28.1. The second kappa shape index (κ2) is 9.36. The first-order chi connectivity index (χ1) is 14.4. The Morgan fingerprint density at radius 2 is 1.83 bits per heavy atom. The highest BCUT2D eigenvalue weighted by Crippen LogP contribution is 2.17. The van der Waals surface area contributed by atoms with Gasteiger partial charge in [0.15, 0.2) is 0 Å². The monoisotopic (exact) mass is 430 g/mol. The molecular formula is C21H26N4O4S. The van der Waals surface area contributed by atoms with E-state index >= 15 is 0 Å². The van der Waals surface area contributed by atoms with Crippen LogP contribution in [0.3, 0.4) is 0 Å². The first-order valence-electron chi connectivity index (χ1n) is 9.97. The molecular weight excluding hydrogens is 404 g/mol. The lowest BCUT2D eigenvalue weighted by Gasteiger charge is -2.19. The van der Waals surface area contributed by atoms with Gasteiger partial charge in [0, 0.05) is 44.0 Å². The van der Waals surface area contributed by atoms with E-state index in [1.165, 1.54) is 24.3 Å². The third-order valence-corrected chi connectivity index (χ3v) is 6.68. The third kappa shape index (κ3) is 4.85. The predicted octanol–water partition coefficient (Wildman–Crippen LogP) is 1.76. The molecule has 30 heavy (non-hydrogen) atoms. The van der Waals surface area contributed by atoms with Crippen molar-refractivity contribution in [3.63, 3.8) is 0 Å². The minimum absolute atomic E-state index is 0.0908. The number of carbonyl (C=O) groups is 2. The molecule has 1 aromatic carbocycles. The van der Waals surface area contributed by atoms with Crippen LogP contribution in [-0.4, -0.2) is 67.2 Å². The van der Waals surface area contributed by atoms with Crippen molar-refractivity contribution in [1.29, 1.82) is 0 Å². The number of aromatic nitrogens is 1. The summed E-state index contributed by atoms with van der Waals surface area (Å²) in [5, 5.41) is 0. The molecule has 2 amide bonds. The Morgan fingerprint density at radius 1 is 1.13 bits per heavy atom. The summed E-state index contributed by atoms with van der Waals surface area (Å²) in [6, 6.07) is 10.7. The Balaban J connectivity index is 1.64. The number of amides is 2. The van der Waals surface area contributed by atoms with Gasteiger partial charge >= 0.3 is 0 Å². The highest BCUT2D eigenvalue weighted by molar-refractivity contribution is 7.89. The van der Waals surface area contributed by atoms with Crippen LogP contribution in [0.15, 0.2) is 53.6 Å². The molecule has 160 valence electrons. The smallest absolute Gasteiger partial charge is 0.272 e. The van der Waals surface area contributed by atoms with Crippen LogP contribution in [0.1, 0.15) is 41.1 Å². The minimum Gasteiger partial charge on any atom is -0.339 e. The first-order valence-corrected chi connectivity index (χ1v) is 11.5. The lowest BCUT2D eigenvalue weighted by molar-refractivity contribution is 0.0769. The van der Waals surface area contributed by atoms with Gasteiger partial charge in [-0.1, -0.05) is 6.07 Å². The summed E-state index contributed by atoms with van der Waals surface area (Å²) in [6.45, 7) is 5.72. The fourth-order valence-corrected chi connectivity index (χ4v) is 4.71. The molecule has 1 aromatic heterocycles. The van der Waals surface area contributed by atoms with E-state index in [4.69, 9.17) is 0 Å². The molecule has 2 aromatic rings. The number of rotatable bonds is 7. The lowest BCUT2D eigenvalue weighted by atomic mass is 10.2. The van der Waals surface area contributed by atoms with Gasteiger partial charge in [-0.2, -0.15) is 0 Å². The number of benzene rings is 1. The van der Waals surface area contributed by atoms with Crippen LogP contribution >= 0.6 is 0 Å². The molecule has 1 atom stereocenters. The van der Waals surface area contributed by atoms with Crippen molar-refractivity contribution < 1.29 is 18.0 Å². The molecule has 2 heterocycles. The van der Waals surface area contributed by atoms with Crippen LogP contribution < -0.4 is 4.72 Å². The maximum absolute atomic E-state index is 12.7. The maximum Gasteiger partial charge on any atom is 0.272 e. The Morgan fingerprint density at radius 3 is 2.43 bits per heavy atom. The topological polar surface area (TPSA) is 99.7 Å². The fraction of sp³-hybridized carbons (Fsp3) is 0.381. The van der Waals surface area contributed by atoms with Crippen LogP contribution in [0.2, 0.25) is 0 Å². The van der Waals surface area contributed by atoms with E-state index in [1.54, 1.807) is 34.2 Å². The van der Waals surface area contributed by atoms with Crippen LogP contribution in [0.4, 0.5) is 0 Å². The van der Waals surface area contributed by atoms with Crippen LogP contribution in [0, 0.1) is 0 Å². The van der Waals surface area contributed by atoms with Crippen LogP contribution in [-0.2, 0) is 10.0 Å². The van der Waals surface area contributed by atoms with E-state index in [1.807, 2.05) is 13.8 Å². The number of sulfonamides is 1. The predicted molar refractivity (Wildman–Crippen MR) is 113 cm³/mol. The third-order valence-electron chi connectivity index (χ3n) is 5.14. The molecule has 0 spiro atoms. The summed E-state index contributed by atoms with van der Waals surface area (Å²) in [6.07, 6.45) is 2.08. The van der Waals surface area contributed by atoms with Gasteiger partial charge in [-0.05, 0) is 56.7 Å². The summed E-state index contributed by atoms with van der Waals surface area (Å²) in [7, 11) is -3.76. The molecule has 1 aliphatic heterocycles. The molecule has 0 bridgehead atoms. The second-order valence-electron chi connectivity index (χ2n) is 7.07. The quantitative estimate of drug-likeness (QED) is 0.722. The summed E-state index contributed by atoms with van der Waals surface area (Å²) in [5.74, 6) is -0.340. The van der Waals surface area contributed by atoms with E-state index < -0.39 is 10.0 Å². The Kier molecular flexibility index (Phi) is 6.84. The zero-order valence-corrected chi connectivity index (χ0v) is 17.9. The molecule has 8 nitrogen and oxygen atoms in total. The molecule has 1 aliphatic rings. The molecule has 0 aliphatic carbocycles. The van der Waals surface area contributed by atoms with Crippen molar-refractivity contribution in [1.82, 2.24) is 19.5 Å². The Bertz CT molecular complexity index is 989. The maximum atomic E-state index is 12.7. The van der Waals surface area contributed by atoms with Crippen molar-refractivity contribution in [2.75, 3.05) is 26.2 Å². The average Bonchev–Trinajstić information content (AvgIpc) is 3.22. The van der Waals surface area contributed by atoms with Gasteiger partial charge in [-0.3, -0.25) is 14.6 Å². The average molecular weight is 431 g/mol. The van der Waals surface area contributed by atoms with E-state index in [2.05, 4.69) is 9.71 Å². The van der Waals surface area contributed by atoms with Crippen molar-refractivity contribution in [2.45, 2.75) is 31.2 Å². The molecule has 0 unspecified atom stereocenters. The zero-order chi connectivity index (χ0) is 21.7. The van der Waals surface area contributed by atoms with E-state index in [0.29, 0.717) is 37.3 Å². The number of hydrogen-bond donors (Lipinski definition) is 1. The molecule has 0 saturated carbocycles. The van der Waals surface area contributed by atoms with Gasteiger partial charge in [0.05, 0.1) is 4.90 Å². The minimum atomic E-state index is -3.76. The Hall–Kier alpha value is -2.78. The summed E-state index contributed by atoms with van der Waals surface area (Å²) in [4.78, 5) is 32.3. The number of hydrogen-bond acceptors (Lipinski definition) is 5. The number of carbonyl (C=O) groups excluding carboxylic acids is 2. The number of nitrogens with one attached hydrogen (secondary N) is 1. The lowest BCUT2D eigenvalue weighted by Crippen LogP contribution is -2.38. The van der Waals surface area contributed by atoms with Crippen molar-refractivity contribution in [3.8, 4) is 0 Å². The first kappa shape index (κ1) is 21.9. The molecule has 1 N–H and O–H groups in total. The molecule has 1 fully saturated rings. The highest BCUT2D eigenvalue weighted by atomic mass is 32.2. The van der Waals surface area contributed by atoms with Crippen LogP contribution in [0.5, 0.6) is 0 Å². The molecule has 0 radical (unpaired) electrons. The zero-order valence-electron chi connectivity index (χ0n) is 17.1. The van der Waals surface area contributed by atoms with Gasteiger partial charge in [0.2, 0.25) is 10.0 Å². The Labute approximate surface area is 177 Å². The van der Waals surface area contributed by atoms with Crippen molar-refractivity contribution in [2.24, 2.45) is 0 Å². The fourth-order valence-electron chi connectivity index (χ4n) is 3.45. The number of nitrogens with zero attached hydrogens (tertiary/aromatic N) is 3. The standard InChI is InChI=1S/C21H26N4O4S/c1-3-24(4-2)20(26)16-8-10-18(11-9-16)30(28,29)23-17-12-14-25(15-17)21(27)19-7-5-6-13-22-19/h5-11,13,17,23H,3-4,12,14-15H2,1-2H3/t17-/m1/s1. The van der Waals surface area contributed by atoms with E-state index in [9.17, 15) is 18.0 Å². The normalized spacial score (nSPS) is 16.5. The van der Waals surface area contributed by atoms with Gasteiger partial charge < -0.3 is 9.80 Å². The summed E-state index contributed by atoms with van der Waals surface area (Å²) in [5.41, 5.74) is 0.792. The highest BCUT2D eigenvalue weighted by Gasteiger charge is 2.30. The van der Waals surface area contributed by atoms with Crippen molar-refractivity contribution in [3.05, 3.63) is 59.9 Å². The molecule has 1 saturated heterocycles. The van der Waals surface area contributed by atoms with Gasteiger partial charge in [0.1, 0.15) is 5.69 Å². The van der Waals surface area contributed by atoms with E-state index in [0.717, 1.165) is 0 Å². The number of pyridine rings is 1. The largest absolute Gasteiger partial charge is 0.339 e. The second-order valence-corrected chi connectivity index (χ2v) is 8.79. The van der Waals surface area contributed by atoms with E-state index in [-0.39, 0.29) is 29.3 Å².